The summed E-state index contributed by atoms with van der Waals surface area (Å²) in [6.07, 6.45) is 1.62. The van der Waals surface area contributed by atoms with Crippen LogP contribution in [0.4, 0.5) is 0 Å². The molecule has 1 amide bonds. The average molecular weight is 357 g/mol. The number of methoxy groups -OCH3 is 1. The largest absolute Gasteiger partial charge is 0.491 e. The molecular formula is C18H29ClN2O3. The summed E-state index contributed by atoms with van der Waals surface area (Å²) in [7, 11) is 1.65. The van der Waals surface area contributed by atoms with E-state index in [2.05, 4.69) is 10.6 Å². The number of nitrogens with one attached hydrogen (secondary N) is 2. The van der Waals surface area contributed by atoms with Gasteiger partial charge in [0.15, 0.2) is 0 Å². The molecule has 5 nitrogen and oxygen atoms in total. The molecule has 24 heavy (non-hydrogen) atoms. The van der Waals surface area contributed by atoms with Gasteiger partial charge in [-0.05, 0) is 50.9 Å². The van der Waals surface area contributed by atoms with Crippen LogP contribution in [0.25, 0.3) is 0 Å². The minimum absolute atomic E-state index is 0. The van der Waals surface area contributed by atoms with Gasteiger partial charge in [0.05, 0.1) is 18.6 Å². The van der Waals surface area contributed by atoms with Crippen molar-refractivity contribution in [2.45, 2.75) is 26.7 Å². The number of carbonyl (C=O) groups is 1. The van der Waals surface area contributed by atoms with Gasteiger partial charge in [-0.1, -0.05) is 18.2 Å². The fourth-order valence-electron chi connectivity index (χ4n) is 3.15. The Kier molecular flexibility index (Phi) is 8.53. The summed E-state index contributed by atoms with van der Waals surface area (Å²) in [5.74, 6) is 0.987. The highest BCUT2D eigenvalue weighted by atomic mass is 35.5. The van der Waals surface area contributed by atoms with Crippen molar-refractivity contribution < 1.29 is 14.3 Å². The van der Waals surface area contributed by atoms with Crippen LogP contribution in [-0.4, -0.2) is 45.9 Å². The van der Waals surface area contributed by atoms with Crippen LogP contribution >= 0.6 is 12.4 Å². The van der Waals surface area contributed by atoms with Gasteiger partial charge in [0.1, 0.15) is 12.4 Å². The lowest BCUT2D eigenvalue weighted by atomic mass is 9.78. The molecule has 2 N–H and O–H groups in total. The van der Waals surface area contributed by atoms with Gasteiger partial charge < -0.3 is 20.1 Å². The number of rotatable bonds is 7. The fraction of sp³-hybridized carbons (Fsp3) is 0.611. The van der Waals surface area contributed by atoms with E-state index in [4.69, 9.17) is 9.47 Å². The lowest BCUT2D eigenvalue weighted by molar-refractivity contribution is -0.136. The highest BCUT2D eigenvalue weighted by molar-refractivity contribution is 5.85. The minimum atomic E-state index is -0.404. The normalized spacial score (nSPS) is 16.1. The quantitative estimate of drug-likeness (QED) is 0.735. The zero-order chi connectivity index (χ0) is 16.7. The summed E-state index contributed by atoms with van der Waals surface area (Å²) in [6.45, 7) is 7.22. The van der Waals surface area contributed by atoms with E-state index in [1.165, 1.54) is 0 Å². The molecule has 0 radical (unpaired) electrons. The first-order valence-electron chi connectivity index (χ1n) is 8.26. The summed E-state index contributed by atoms with van der Waals surface area (Å²) in [5.41, 5.74) is 1.83. The van der Waals surface area contributed by atoms with E-state index in [9.17, 15) is 4.79 Å². The van der Waals surface area contributed by atoms with E-state index >= 15 is 0 Å². The molecule has 0 saturated carbocycles. The van der Waals surface area contributed by atoms with Crippen LogP contribution in [0, 0.1) is 19.3 Å². The first-order chi connectivity index (χ1) is 11.1. The molecule has 0 aliphatic carbocycles. The molecule has 1 aliphatic heterocycles. The monoisotopic (exact) mass is 356 g/mol. The third kappa shape index (κ3) is 5.10. The second kappa shape index (κ2) is 9.87. The first kappa shape index (κ1) is 20.7. The fourth-order valence-corrected chi connectivity index (χ4v) is 3.15. The van der Waals surface area contributed by atoms with Crippen LogP contribution < -0.4 is 15.4 Å². The molecule has 0 atom stereocenters. The molecule has 1 fully saturated rings. The topological polar surface area (TPSA) is 59.6 Å². The maximum Gasteiger partial charge on any atom is 0.228 e. The molecule has 0 aromatic heterocycles. The van der Waals surface area contributed by atoms with Crippen LogP contribution in [0.15, 0.2) is 18.2 Å². The van der Waals surface area contributed by atoms with Gasteiger partial charge in [-0.2, -0.15) is 0 Å². The lowest BCUT2D eigenvalue weighted by Gasteiger charge is -2.35. The Hall–Kier alpha value is -1.30. The van der Waals surface area contributed by atoms with E-state index in [1.54, 1.807) is 7.11 Å². The second-order valence-corrected chi connectivity index (χ2v) is 6.29. The summed E-state index contributed by atoms with van der Waals surface area (Å²) in [4.78, 5) is 12.6. The van der Waals surface area contributed by atoms with Crippen LogP contribution in [0.1, 0.15) is 24.0 Å². The molecule has 6 heteroatoms. The lowest BCUT2D eigenvalue weighted by Crippen LogP contribution is -2.50. The Labute approximate surface area is 150 Å². The Morgan fingerprint density at radius 1 is 1.25 bits per heavy atom. The van der Waals surface area contributed by atoms with Crippen molar-refractivity contribution >= 4 is 18.3 Å². The Morgan fingerprint density at radius 3 is 2.46 bits per heavy atom. The van der Waals surface area contributed by atoms with Crippen molar-refractivity contribution in [2.24, 2.45) is 5.41 Å². The summed E-state index contributed by atoms with van der Waals surface area (Å²) < 4.78 is 11.1. The Bertz CT molecular complexity index is 505. The van der Waals surface area contributed by atoms with Crippen LogP contribution in [0.3, 0.4) is 0 Å². The van der Waals surface area contributed by atoms with Gasteiger partial charge in [-0.3, -0.25) is 4.79 Å². The predicted molar refractivity (Wildman–Crippen MR) is 98.1 cm³/mol. The van der Waals surface area contributed by atoms with Crippen molar-refractivity contribution in [3.05, 3.63) is 29.3 Å². The van der Waals surface area contributed by atoms with Crippen molar-refractivity contribution in [1.29, 1.82) is 0 Å². The number of piperidine rings is 1. The standard InChI is InChI=1S/C18H28N2O3.ClH/c1-14-5-4-6-15(2)16(14)23-12-11-20-17(21)18(13-22-3)7-9-19-10-8-18;/h4-6,19H,7-13H2,1-3H3,(H,20,21);1H. The number of hydrogen-bond acceptors (Lipinski definition) is 4. The summed E-state index contributed by atoms with van der Waals surface area (Å²) >= 11 is 0. The molecular weight excluding hydrogens is 328 g/mol. The number of halogens is 1. The molecule has 2 rings (SSSR count). The smallest absolute Gasteiger partial charge is 0.228 e. The number of ether oxygens (including phenoxy) is 2. The number of benzene rings is 1. The van der Waals surface area contributed by atoms with Crippen LogP contribution in [0.2, 0.25) is 0 Å². The van der Waals surface area contributed by atoms with Gasteiger partial charge in [0.2, 0.25) is 5.91 Å². The van der Waals surface area contributed by atoms with E-state index < -0.39 is 5.41 Å². The molecule has 1 aliphatic rings. The summed E-state index contributed by atoms with van der Waals surface area (Å²) in [6, 6.07) is 6.08. The highest BCUT2D eigenvalue weighted by Gasteiger charge is 2.39. The third-order valence-corrected chi connectivity index (χ3v) is 4.51. The van der Waals surface area contributed by atoms with Gasteiger partial charge in [-0.25, -0.2) is 0 Å². The van der Waals surface area contributed by atoms with Crippen molar-refractivity contribution in [2.75, 3.05) is 40.0 Å². The van der Waals surface area contributed by atoms with Crippen molar-refractivity contribution in [3.8, 4) is 5.75 Å². The van der Waals surface area contributed by atoms with Crippen molar-refractivity contribution in [1.82, 2.24) is 10.6 Å². The second-order valence-electron chi connectivity index (χ2n) is 6.29. The molecule has 1 aromatic carbocycles. The third-order valence-electron chi connectivity index (χ3n) is 4.51. The maximum absolute atomic E-state index is 12.6. The molecule has 0 bridgehead atoms. The van der Waals surface area contributed by atoms with E-state index in [0.29, 0.717) is 19.8 Å². The molecule has 0 unspecified atom stereocenters. The number of amides is 1. The molecule has 136 valence electrons. The van der Waals surface area contributed by atoms with Crippen LogP contribution in [0.5, 0.6) is 5.75 Å². The molecule has 1 heterocycles. The zero-order valence-corrected chi connectivity index (χ0v) is 15.6. The number of carbonyl (C=O) groups excluding carboxylic acids is 1. The highest BCUT2D eigenvalue weighted by Crippen LogP contribution is 2.29. The number of hydrogen-bond donors (Lipinski definition) is 2. The zero-order valence-electron chi connectivity index (χ0n) is 14.8. The molecule has 1 aromatic rings. The van der Waals surface area contributed by atoms with Gasteiger partial charge in [0, 0.05) is 7.11 Å². The van der Waals surface area contributed by atoms with E-state index in [1.807, 2.05) is 32.0 Å². The predicted octanol–water partition coefficient (Wildman–Crippen LogP) is 2.24. The van der Waals surface area contributed by atoms with E-state index in [0.717, 1.165) is 42.8 Å². The van der Waals surface area contributed by atoms with E-state index in [-0.39, 0.29) is 18.3 Å². The van der Waals surface area contributed by atoms with Gasteiger partial charge in [-0.15, -0.1) is 12.4 Å². The first-order valence-corrected chi connectivity index (χ1v) is 8.26. The SMILES string of the molecule is COCC1(C(=O)NCCOc2c(C)cccc2C)CCNCC1.Cl. The number of para-hydroxylation sites is 1. The van der Waals surface area contributed by atoms with Crippen LogP contribution in [-0.2, 0) is 9.53 Å². The van der Waals surface area contributed by atoms with Gasteiger partial charge >= 0.3 is 0 Å². The minimum Gasteiger partial charge on any atom is -0.491 e. The maximum atomic E-state index is 12.6. The molecule has 0 spiro atoms. The Balaban J connectivity index is 0.00000288. The number of aryl methyl sites for hydroxylation is 2. The molecule has 1 saturated heterocycles. The average Bonchev–Trinajstić information content (AvgIpc) is 2.54. The van der Waals surface area contributed by atoms with Gasteiger partial charge in [0.25, 0.3) is 0 Å². The summed E-state index contributed by atoms with van der Waals surface area (Å²) in [5, 5.41) is 6.31. The Morgan fingerprint density at radius 2 is 1.88 bits per heavy atom. The van der Waals surface area contributed by atoms with Crippen molar-refractivity contribution in [3.63, 3.8) is 0 Å².